The zero-order valence-electron chi connectivity index (χ0n) is 9.91. The fraction of sp³-hybridized carbons (Fsp3) is 0.889. The average molecular weight is 363 g/mol. The van der Waals surface area contributed by atoms with Crippen molar-refractivity contribution < 1.29 is 28.0 Å². The summed E-state index contributed by atoms with van der Waals surface area (Å²) in [6.45, 7) is 2.05. The van der Waals surface area contributed by atoms with E-state index in [9.17, 15) is 14.3 Å². The lowest BCUT2D eigenvalue weighted by atomic mass is 10.2. The molecule has 106 valence electrons. The summed E-state index contributed by atoms with van der Waals surface area (Å²) in [6, 6.07) is 0. The molecule has 1 aliphatic heterocycles. The Bertz CT molecular complexity index is 328. The zero-order valence-corrected chi connectivity index (χ0v) is 13.2. The lowest BCUT2D eigenvalue weighted by Crippen LogP contribution is -2.14. The third kappa shape index (κ3) is 6.65. The third-order valence-electron chi connectivity index (χ3n) is 2.13. The Morgan fingerprint density at radius 2 is 2.33 bits per heavy atom. The number of carbonyl (C=O) groups excluding carboxylic acids is 1. The number of rotatable bonds is 7. The minimum Gasteiger partial charge on any atom is -0.375 e. The van der Waals surface area contributed by atoms with Crippen molar-refractivity contribution in [3.05, 3.63) is 0 Å². The highest BCUT2D eigenvalue weighted by atomic mass is 79.9. The second-order valence-electron chi connectivity index (χ2n) is 3.71. The Labute approximate surface area is 118 Å². The monoisotopic (exact) mass is 362 g/mol. The summed E-state index contributed by atoms with van der Waals surface area (Å²) >= 11 is 4.30. The molecule has 1 saturated heterocycles. The van der Waals surface area contributed by atoms with Crippen LogP contribution in [0.3, 0.4) is 0 Å². The van der Waals surface area contributed by atoms with Crippen LogP contribution < -0.4 is 0 Å². The second-order valence-corrected chi connectivity index (χ2v) is 7.43. The van der Waals surface area contributed by atoms with Crippen LogP contribution in [0.25, 0.3) is 0 Å². The Morgan fingerprint density at radius 1 is 1.61 bits per heavy atom. The van der Waals surface area contributed by atoms with Gasteiger partial charge in [0.1, 0.15) is 0 Å². The van der Waals surface area contributed by atoms with E-state index in [0.717, 1.165) is 0 Å². The van der Waals surface area contributed by atoms with Crippen LogP contribution >= 0.6 is 35.5 Å². The molecule has 0 spiro atoms. The largest absolute Gasteiger partial charge is 0.472 e. The topological polar surface area (TPSA) is 82.1 Å². The molecule has 0 aromatic rings. The van der Waals surface area contributed by atoms with E-state index in [0.29, 0.717) is 18.4 Å². The van der Waals surface area contributed by atoms with Crippen molar-refractivity contribution in [1.82, 2.24) is 0 Å². The highest BCUT2D eigenvalue weighted by Gasteiger charge is 2.30. The molecule has 1 heterocycles. The predicted octanol–water partition coefficient (Wildman–Crippen LogP) is 1.95. The molecular weight excluding hydrogens is 347 g/mol. The summed E-state index contributed by atoms with van der Waals surface area (Å²) in [5.41, 5.74) is 0. The van der Waals surface area contributed by atoms with Crippen molar-refractivity contribution in [2.24, 2.45) is 0 Å². The first-order chi connectivity index (χ1) is 8.43. The Hall–Kier alpha value is 0.570. The van der Waals surface area contributed by atoms with Crippen LogP contribution in [-0.2, 0) is 23.1 Å². The quantitative estimate of drug-likeness (QED) is 0.547. The third-order valence-corrected chi connectivity index (χ3v) is 4.43. The van der Waals surface area contributed by atoms with Gasteiger partial charge in [0.05, 0.1) is 25.9 Å². The van der Waals surface area contributed by atoms with Crippen molar-refractivity contribution in [2.45, 2.75) is 24.7 Å². The van der Waals surface area contributed by atoms with Crippen LogP contribution in [0.1, 0.15) is 13.3 Å². The number of alkyl halides is 1. The average Bonchev–Trinajstić information content (AvgIpc) is 2.71. The molecule has 0 aromatic heterocycles. The number of hydrogen-bond donors (Lipinski definition) is 1. The van der Waals surface area contributed by atoms with E-state index in [1.807, 2.05) is 0 Å². The summed E-state index contributed by atoms with van der Waals surface area (Å²) < 4.78 is 26.2. The maximum atomic E-state index is 11.4. The van der Waals surface area contributed by atoms with E-state index < -0.39 is 7.82 Å². The van der Waals surface area contributed by atoms with Gasteiger partial charge in [0.2, 0.25) is 0 Å². The SMILES string of the molecule is CC(=O)S[C@@H]1CO[C@@H](COP(=O)(O)OCCBr)C1. The molecule has 1 rings (SSSR count). The van der Waals surface area contributed by atoms with Gasteiger partial charge in [0.15, 0.2) is 5.12 Å². The summed E-state index contributed by atoms with van der Waals surface area (Å²) in [6.07, 6.45) is 0.359. The van der Waals surface area contributed by atoms with E-state index >= 15 is 0 Å². The van der Waals surface area contributed by atoms with Gasteiger partial charge in [0.25, 0.3) is 0 Å². The molecule has 0 aromatic carbocycles. The summed E-state index contributed by atoms with van der Waals surface area (Å²) in [7, 11) is -3.99. The van der Waals surface area contributed by atoms with E-state index in [1.54, 1.807) is 0 Å². The van der Waals surface area contributed by atoms with Gasteiger partial charge in [0, 0.05) is 17.5 Å². The molecule has 1 N–H and O–H groups in total. The van der Waals surface area contributed by atoms with Gasteiger partial charge in [-0.1, -0.05) is 27.7 Å². The van der Waals surface area contributed by atoms with E-state index in [2.05, 4.69) is 20.5 Å². The van der Waals surface area contributed by atoms with Crippen LogP contribution in [0.5, 0.6) is 0 Å². The van der Waals surface area contributed by atoms with Gasteiger partial charge in [-0.05, 0) is 6.42 Å². The van der Waals surface area contributed by atoms with Crippen LogP contribution in [-0.4, -0.2) is 46.5 Å². The number of halogens is 1. The van der Waals surface area contributed by atoms with Gasteiger partial charge in [-0.3, -0.25) is 13.8 Å². The molecule has 6 nitrogen and oxygen atoms in total. The van der Waals surface area contributed by atoms with Crippen molar-refractivity contribution >= 4 is 40.6 Å². The van der Waals surface area contributed by atoms with Gasteiger partial charge < -0.3 is 9.63 Å². The molecule has 1 aliphatic rings. The van der Waals surface area contributed by atoms with Crippen molar-refractivity contribution in [2.75, 3.05) is 25.2 Å². The van der Waals surface area contributed by atoms with Gasteiger partial charge in [-0.2, -0.15) is 0 Å². The first-order valence-electron chi connectivity index (χ1n) is 5.39. The van der Waals surface area contributed by atoms with Crippen molar-refractivity contribution in [3.8, 4) is 0 Å². The Balaban J connectivity index is 2.24. The molecule has 1 unspecified atom stereocenters. The molecule has 0 radical (unpaired) electrons. The van der Waals surface area contributed by atoms with E-state index in [-0.39, 0.29) is 29.7 Å². The molecule has 0 amide bonds. The molecule has 0 bridgehead atoms. The fourth-order valence-corrected chi connectivity index (χ4v) is 3.56. The Kier molecular flexibility index (Phi) is 7.38. The first kappa shape index (κ1) is 16.6. The first-order valence-corrected chi connectivity index (χ1v) is 8.89. The highest BCUT2D eigenvalue weighted by Crippen LogP contribution is 2.43. The number of thioether (sulfide) groups is 1. The van der Waals surface area contributed by atoms with Crippen LogP contribution in [0.4, 0.5) is 0 Å². The second kappa shape index (κ2) is 7.99. The standard InChI is InChI=1S/C9H16BrO6PS/c1-7(11)18-9-4-8(14-6-9)5-16-17(12,13)15-3-2-10/h8-9H,2-6H2,1H3,(H,12,13)/t8-,9+/m1/s1. The molecule has 1 fully saturated rings. The molecular formula is C9H16BrO6PS. The minimum atomic E-state index is -3.99. The van der Waals surface area contributed by atoms with Crippen LogP contribution in [0.2, 0.25) is 0 Å². The normalized spacial score (nSPS) is 27.1. The lowest BCUT2D eigenvalue weighted by molar-refractivity contribution is -0.109. The van der Waals surface area contributed by atoms with Gasteiger partial charge >= 0.3 is 7.82 Å². The smallest absolute Gasteiger partial charge is 0.375 e. The molecule has 9 heteroatoms. The number of phosphoric ester groups is 1. The Morgan fingerprint density at radius 3 is 2.94 bits per heavy atom. The maximum Gasteiger partial charge on any atom is 0.472 e. The summed E-state index contributed by atoms with van der Waals surface area (Å²) in [4.78, 5) is 20.2. The van der Waals surface area contributed by atoms with E-state index in [4.69, 9.17) is 9.26 Å². The van der Waals surface area contributed by atoms with Crippen molar-refractivity contribution in [3.63, 3.8) is 0 Å². The molecule has 0 saturated carbocycles. The van der Waals surface area contributed by atoms with E-state index in [1.165, 1.54) is 18.7 Å². The fourth-order valence-electron chi connectivity index (χ4n) is 1.47. The van der Waals surface area contributed by atoms with Crippen LogP contribution in [0.15, 0.2) is 0 Å². The number of hydrogen-bond acceptors (Lipinski definition) is 6. The predicted molar refractivity (Wildman–Crippen MR) is 71.9 cm³/mol. The zero-order chi connectivity index (χ0) is 13.6. The maximum absolute atomic E-state index is 11.4. The number of ether oxygens (including phenoxy) is 1. The highest BCUT2D eigenvalue weighted by molar-refractivity contribution is 9.09. The molecule has 18 heavy (non-hydrogen) atoms. The number of carbonyl (C=O) groups is 1. The summed E-state index contributed by atoms with van der Waals surface area (Å²) in [5, 5.41) is 0.592. The summed E-state index contributed by atoms with van der Waals surface area (Å²) in [5.74, 6) is 0. The van der Waals surface area contributed by atoms with Crippen LogP contribution in [0, 0.1) is 0 Å². The molecule has 0 aliphatic carbocycles. The lowest BCUT2D eigenvalue weighted by Gasteiger charge is -2.14. The van der Waals surface area contributed by atoms with Gasteiger partial charge in [-0.25, -0.2) is 4.57 Å². The van der Waals surface area contributed by atoms with Crippen molar-refractivity contribution in [1.29, 1.82) is 0 Å². The van der Waals surface area contributed by atoms with Gasteiger partial charge in [-0.15, -0.1) is 0 Å². The minimum absolute atomic E-state index is 0.00890. The number of phosphoric acid groups is 1. The molecule has 3 atom stereocenters.